The van der Waals surface area contributed by atoms with Crippen LogP contribution in [0.3, 0.4) is 0 Å². The molecular weight excluding hydrogens is 306 g/mol. The number of hydrogen-bond donors (Lipinski definition) is 0. The van der Waals surface area contributed by atoms with Crippen molar-refractivity contribution in [3.8, 4) is 5.88 Å². The Morgan fingerprint density at radius 3 is 2.73 bits per heavy atom. The second-order valence-electron chi connectivity index (χ2n) is 5.79. The van der Waals surface area contributed by atoms with Gasteiger partial charge in [-0.2, -0.15) is 4.31 Å². The van der Waals surface area contributed by atoms with Gasteiger partial charge in [0.05, 0.1) is 18.9 Å². The Bertz CT molecular complexity index is 674. The third-order valence-electron chi connectivity index (χ3n) is 4.41. The fraction of sp³-hybridized carbons (Fsp3) is 0.571. The van der Waals surface area contributed by atoms with E-state index in [-0.39, 0.29) is 11.9 Å². The zero-order chi connectivity index (χ0) is 15.9. The maximum Gasteiger partial charge on any atom is 0.255 e. The average molecular weight is 325 g/mol. The number of aromatic nitrogens is 1. The molecule has 8 heteroatoms. The van der Waals surface area contributed by atoms with Gasteiger partial charge in [-0.3, -0.25) is 4.79 Å². The molecule has 3 rings (SSSR count). The van der Waals surface area contributed by atoms with Crippen LogP contribution in [-0.2, 0) is 10.0 Å². The van der Waals surface area contributed by atoms with Gasteiger partial charge in [0.2, 0.25) is 15.9 Å². The summed E-state index contributed by atoms with van der Waals surface area (Å²) in [5.74, 6) is 0.708. The first-order valence-electron chi connectivity index (χ1n) is 7.16. The van der Waals surface area contributed by atoms with Crippen molar-refractivity contribution in [1.29, 1.82) is 0 Å². The lowest BCUT2D eigenvalue weighted by Crippen LogP contribution is -2.65. The van der Waals surface area contributed by atoms with E-state index in [0.717, 1.165) is 6.42 Å². The summed E-state index contributed by atoms with van der Waals surface area (Å²) in [5, 5.41) is 0. The first-order valence-corrected chi connectivity index (χ1v) is 9.01. The first-order chi connectivity index (χ1) is 10.4. The number of rotatable bonds is 3. The van der Waals surface area contributed by atoms with Crippen LogP contribution in [-0.4, -0.2) is 67.6 Å². The van der Waals surface area contributed by atoms with E-state index in [1.165, 1.54) is 23.9 Å². The molecule has 1 aromatic rings. The minimum atomic E-state index is -3.19. The van der Waals surface area contributed by atoms with Crippen molar-refractivity contribution in [2.75, 3.05) is 33.0 Å². The van der Waals surface area contributed by atoms with E-state index >= 15 is 0 Å². The molecular formula is C14H19N3O4S. The predicted octanol–water partition coefficient (Wildman–Crippen LogP) is 0.196. The van der Waals surface area contributed by atoms with E-state index in [2.05, 4.69) is 4.98 Å². The molecule has 0 radical (unpaired) electrons. The minimum absolute atomic E-state index is 0.0843. The Morgan fingerprint density at radius 2 is 2.14 bits per heavy atom. The van der Waals surface area contributed by atoms with Gasteiger partial charge in [0, 0.05) is 37.9 Å². The fourth-order valence-corrected chi connectivity index (χ4v) is 4.32. The summed E-state index contributed by atoms with van der Waals surface area (Å²) in [5.41, 5.74) is 0.490. The van der Waals surface area contributed by atoms with Crippen LogP contribution in [0, 0.1) is 5.92 Å². The van der Waals surface area contributed by atoms with E-state index in [9.17, 15) is 13.2 Å². The van der Waals surface area contributed by atoms with E-state index in [0.29, 0.717) is 37.0 Å². The standard InChI is InChI=1S/C14H19N3O4S/c1-21-13-4-3-10(7-15-13)14(18)16-6-5-11-8-17(12(11)9-16)22(2,19)20/h3-4,7,11-12H,5-6,8-9H2,1-2H3/t11-,12-/m1/s1. The van der Waals surface area contributed by atoms with Crippen molar-refractivity contribution in [3.05, 3.63) is 23.9 Å². The van der Waals surface area contributed by atoms with Gasteiger partial charge in [0.25, 0.3) is 5.91 Å². The van der Waals surface area contributed by atoms with Crippen LogP contribution in [0.25, 0.3) is 0 Å². The molecule has 0 bridgehead atoms. The molecule has 0 N–H and O–H groups in total. The van der Waals surface area contributed by atoms with Crippen molar-refractivity contribution in [2.24, 2.45) is 5.92 Å². The molecule has 0 unspecified atom stereocenters. The van der Waals surface area contributed by atoms with Crippen molar-refractivity contribution in [2.45, 2.75) is 12.5 Å². The van der Waals surface area contributed by atoms with Crippen LogP contribution in [0.2, 0.25) is 0 Å². The number of carbonyl (C=O) groups is 1. The summed E-state index contributed by atoms with van der Waals surface area (Å²) in [7, 11) is -1.67. The van der Waals surface area contributed by atoms with Crippen LogP contribution < -0.4 is 4.74 Å². The third-order valence-corrected chi connectivity index (χ3v) is 5.68. The molecule has 1 aromatic heterocycles. The lowest BCUT2D eigenvalue weighted by atomic mass is 9.84. The molecule has 2 fully saturated rings. The summed E-state index contributed by atoms with van der Waals surface area (Å²) in [6.07, 6.45) is 3.55. The molecule has 0 saturated carbocycles. The number of amides is 1. The number of hydrogen-bond acceptors (Lipinski definition) is 5. The quantitative estimate of drug-likeness (QED) is 0.793. The lowest BCUT2D eigenvalue weighted by Gasteiger charge is -2.51. The maximum absolute atomic E-state index is 12.5. The number of sulfonamides is 1. The highest BCUT2D eigenvalue weighted by molar-refractivity contribution is 7.88. The van der Waals surface area contributed by atoms with Crippen LogP contribution in [0.1, 0.15) is 16.8 Å². The highest BCUT2D eigenvalue weighted by Crippen LogP contribution is 2.34. The summed E-state index contributed by atoms with van der Waals surface area (Å²) in [6.45, 7) is 1.68. The smallest absolute Gasteiger partial charge is 0.255 e. The Hall–Kier alpha value is -1.67. The summed E-state index contributed by atoms with van der Waals surface area (Å²) in [6, 6.07) is 3.24. The Labute approximate surface area is 129 Å². The topological polar surface area (TPSA) is 79.8 Å². The maximum atomic E-state index is 12.5. The molecule has 0 aliphatic carbocycles. The van der Waals surface area contributed by atoms with Crippen molar-refractivity contribution in [3.63, 3.8) is 0 Å². The highest BCUT2D eigenvalue weighted by atomic mass is 32.2. The van der Waals surface area contributed by atoms with Gasteiger partial charge in [0.1, 0.15) is 0 Å². The number of pyridine rings is 1. The molecule has 2 saturated heterocycles. The molecule has 0 aromatic carbocycles. The van der Waals surface area contributed by atoms with Gasteiger partial charge >= 0.3 is 0 Å². The summed E-state index contributed by atoms with van der Waals surface area (Å²) < 4.78 is 29.8. The Balaban J connectivity index is 1.71. The van der Waals surface area contributed by atoms with Crippen LogP contribution in [0.5, 0.6) is 5.88 Å². The van der Waals surface area contributed by atoms with Gasteiger partial charge < -0.3 is 9.64 Å². The van der Waals surface area contributed by atoms with Crippen LogP contribution >= 0.6 is 0 Å². The molecule has 1 amide bonds. The molecule has 3 heterocycles. The summed E-state index contributed by atoms with van der Waals surface area (Å²) in [4.78, 5) is 18.3. The molecule has 2 aliphatic heterocycles. The van der Waals surface area contributed by atoms with Crippen molar-refractivity contribution in [1.82, 2.24) is 14.2 Å². The van der Waals surface area contributed by atoms with E-state index in [1.807, 2.05) is 0 Å². The first kappa shape index (κ1) is 15.2. The number of carbonyl (C=O) groups excluding carboxylic acids is 1. The van der Waals surface area contributed by atoms with E-state index in [4.69, 9.17) is 4.74 Å². The number of ether oxygens (including phenoxy) is 1. The molecule has 22 heavy (non-hydrogen) atoms. The molecule has 2 atom stereocenters. The fourth-order valence-electron chi connectivity index (χ4n) is 3.12. The van der Waals surface area contributed by atoms with E-state index < -0.39 is 10.0 Å². The second-order valence-corrected chi connectivity index (χ2v) is 7.72. The number of nitrogens with zero attached hydrogens (tertiary/aromatic N) is 3. The zero-order valence-electron chi connectivity index (χ0n) is 12.6. The van der Waals surface area contributed by atoms with E-state index in [1.54, 1.807) is 17.0 Å². The van der Waals surface area contributed by atoms with Crippen molar-refractivity contribution < 1.29 is 17.9 Å². The molecule has 7 nitrogen and oxygen atoms in total. The monoisotopic (exact) mass is 325 g/mol. The van der Waals surface area contributed by atoms with Gasteiger partial charge in [-0.1, -0.05) is 0 Å². The second kappa shape index (κ2) is 5.51. The molecule has 2 aliphatic rings. The molecule has 120 valence electrons. The highest BCUT2D eigenvalue weighted by Gasteiger charge is 2.47. The number of fused-ring (bicyclic) bond motifs is 1. The Morgan fingerprint density at radius 1 is 1.36 bits per heavy atom. The number of methoxy groups -OCH3 is 1. The lowest BCUT2D eigenvalue weighted by molar-refractivity contribution is 0.0141. The van der Waals surface area contributed by atoms with Crippen LogP contribution in [0.15, 0.2) is 18.3 Å². The Kier molecular flexibility index (Phi) is 3.82. The van der Waals surface area contributed by atoms with Gasteiger partial charge in [0.15, 0.2) is 0 Å². The number of likely N-dealkylation sites (tertiary alicyclic amines) is 1. The minimum Gasteiger partial charge on any atom is -0.481 e. The van der Waals surface area contributed by atoms with Crippen molar-refractivity contribution >= 4 is 15.9 Å². The van der Waals surface area contributed by atoms with Gasteiger partial charge in [-0.05, 0) is 18.4 Å². The zero-order valence-corrected chi connectivity index (χ0v) is 13.4. The van der Waals surface area contributed by atoms with Crippen LogP contribution in [0.4, 0.5) is 0 Å². The molecule has 0 spiro atoms. The van der Waals surface area contributed by atoms with Gasteiger partial charge in [-0.15, -0.1) is 0 Å². The third kappa shape index (κ3) is 2.68. The largest absolute Gasteiger partial charge is 0.481 e. The normalized spacial score (nSPS) is 25.3. The summed E-state index contributed by atoms with van der Waals surface area (Å²) >= 11 is 0. The average Bonchev–Trinajstić information content (AvgIpc) is 2.46. The SMILES string of the molecule is COc1ccc(C(=O)N2CC[C@@H]3CN(S(C)(=O)=O)[C@@H]3C2)cn1. The van der Waals surface area contributed by atoms with Gasteiger partial charge in [-0.25, -0.2) is 13.4 Å². The number of piperidine rings is 1. The predicted molar refractivity (Wildman–Crippen MR) is 80.1 cm³/mol.